The molecule has 3 N–H and O–H groups in total. The molecule has 0 unspecified atom stereocenters. The number of amides is 2. The number of aromatic amines is 1. The molecular weight excluding hydrogens is 376 g/mol. The zero-order valence-electron chi connectivity index (χ0n) is 14.6. The van der Waals surface area contributed by atoms with Crippen molar-refractivity contribution in [3.8, 4) is 0 Å². The topological polar surface area (TPSA) is 86.9 Å². The number of fused-ring (bicyclic) bond motifs is 1. The standard InChI is InChI=1S/C21H15ClN4O2/c22-18-7-2-1-6-17(18)21(28)25-15-5-3-4-13(10-15)20(27)24-16-8-9-19-14(11-16)12-23-26-19/h1-12H,(H,23,26)(H,24,27)(H,25,28). The molecule has 0 spiro atoms. The second-order valence-electron chi connectivity index (χ2n) is 6.14. The Morgan fingerprint density at radius 3 is 2.50 bits per heavy atom. The summed E-state index contributed by atoms with van der Waals surface area (Å²) in [6.07, 6.45) is 1.69. The number of benzene rings is 3. The zero-order chi connectivity index (χ0) is 19.5. The smallest absolute Gasteiger partial charge is 0.257 e. The molecule has 2 amide bonds. The second kappa shape index (κ2) is 7.54. The third-order valence-corrected chi connectivity index (χ3v) is 4.53. The maximum absolute atomic E-state index is 12.6. The fourth-order valence-electron chi connectivity index (χ4n) is 2.81. The van der Waals surface area contributed by atoms with Crippen molar-refractivity contribution in [3.05, 3.63) is 89.1 Å². The molecule has 0 bridgehead atoms. The summed E-state index contributed by atoms with van der Waals surface area (Å²) in [5.41, 5.74) is 2.84. The van der Waals surface area contributed by atoms with E-state index in [0.717, 1.165) is 10.9 Å². The van der Waals surface area contributed by atoms with Crippen molar-refractivity contribution in [3.63, 3.8) is 0 Å². The van der Waals surface area contributed by atoms with Gasteiger partial charge in [-0.3, -0.25) is 14.7 Å². The number of nitrogens with one attached hydrogen (secondary N) is 3. The number of H-pyrrole nitrogens is 1. The predicted molar refractivity (Wildman–Crippen MR) is 110 cm³/mol. The SMILES string of the molecule is O=C(Nc1ccc2[nH]ncc2c1)c1cccc(NC(=O)c2ccccc2Cl)c1. The molecule has 1 aromatic heterocycles. The first-order chi connectivity index (χ1) is 13.6. The molecule has 3 aromatic carbocycles. The normalized spacial score (nSPS) is 10.6. The van der Waals surface area contributed by atoms with E-state index in [1.54, 1.807) is 60.8 Å². The maximum Gasteiger partial charge on any atom is 0.257 e. The summed E-state index contributed by atoms with van der Waals surface area (Å²) in [6, 6.07) is 19.0. The van der Waals surface area contributed by atoms with Crippen molar-refractivity contribution in [2.45, 2.75) is 0 Å². The summed E-state index contributed by atoms with van der Waals surface area (Å²) in [7, 11) is 0. The summed E-state index contributed by atoms with van der Waals surface area (Å²) < 4.78 is 0. The Morgan fingerprint density at radius 1 is 0.857 bits per heavy atom. The fourth-order valence-corrected chi connectivity index (χ4v) is 3.03. The van der Waals surface area contributed by atoms with Gasteiger partial charge in [0.25, 0.3) is 11.8 Å². The Kier molecular flexibility index (Phi) is 4.78. The van der Waals surface area contributed by atoms with Crippen molar-refractivity contribution in [1.82, 2.24) is 10.2 Å². The van der Waals surface area contributed by atoms with E-state index in [4.69, 9.17) is 11.6 Å². The van der Waals surface area contributed by atoms with Crippen LogP contribution < -0.4 is 10.6 Å². The zero-order valence-corrected chi connectivity index (χ0v) is 15.3. The van der Waals surface area contributed by atoms with Gasteiger partial charge in [-0.2, -0.15) is 5.10 Å². The minimum Gasteiger partial charge on any atom is -0.322 e. The van der Waals surface area contributed by atoms with Gasteiger partial charge in [0, 0.05) is 22.3 Å². The Bertz CT molecular complexity index is 1190. The molecule has 4 rings (SSSR count). The highest BCUT2D eigenvalue weighted by Gasteiger charge is 2.12. The lowest BCUT2D eigenvalue weighted by Crippen LogP contribution is -2.15. The van der Waals surface area contributed by atoms with Crippen LogP contribution in [0.1, 0.15) is 20.7 Å². The number of carbonyl (C=O) groups is 2. The van der Waals surface area contributed by atoms with Gasteiger partial charge in [0.1, 0.15) is 0 Å². The van der Waals surface area contributed by atoms with Crippen LogP contribution in [0.2, 0.25) is 5.02 Å². The molecular formula is C21H15ClN4O2. The van der Waals surface area contributed by atoms with Gasteiger partial charge in [0.05, 0.1) is 22.3 Å². The molecule has 0 aliphatic rings. The van der Waals surface area contributed by atoms with Crippen molar-refractivity contribution >= 4 is 45.7 Å². The van der Waals surface area contributed by atoms with E-state index in [0.29, 0.717) is 27.5 Å². The maximum atomic E-state index is 12.6. The van der Waals surface area contributed by atoms with Gasteiger partial charge in [-0.05, 0) is 48.5 Å². The molecule has 1 heterocycles. The highest BCUT2D eigenvalue weighted by atomic mass is 35.5. The van der Waals surface area contributed by atoms with E-state index < -0.39 is 0 Å². The van der Waals surface area contributed by atoms with Crippen LogP contribution in [0.25, 0.3) is 10.9 Å². The second-order valence-corrected chi connectivity index (χ2v) is 6.55. The monoisotopic (exact) mass is 390 g/mol. The lowest BCUT2D eigenvalue weighted by Gasteiger charge is -2.09. The van der Waals surface area contributed by atoms with Crippen LogP contribution in [0, 0.1) is 0 Å². The molecule has 0 aliphatic heterocycles. The molecule has 0 saturated carbocycles. The Labute approximate surface area is 165 Å². The number of aromatic nitrogens is 2. The van der Waals surface area contributed by atoms with E-state index in [1.165, 1.54) is 0 Å². The highest BCUT2D eigenvalue weighted by molar-refractivity contribution is 6.34. The van der Waals surface area contributed by atoms with Crippen LogP contribution in [0.3, 0.4) is 0 Å². The number of carbonyl (C=O) groups excluding carboxylic acids is 2. The van der Waals surface area contributed by atoms with Gasteiger partial charge in [0.15, 0.2) is 0 Å². The first-order valence-corrected chi connectivity index (χ1v) is 8.88. The van der Waals surface area contributed by atoms with Crippen LogP contribution in [0.5, 0.6) is 0 Å². The van der Waals surface area contributed by atoms with E-state index in [9.17, 15) is 9.59 Å². The van der Waals surface area contributed by atoms with E-state index in [1.807, 2.05) is 12.1 Å². The van der Waals surface area contributed by atoms with Gasteiger partial charge >= 0.3 is 0 Å². The first-order valence-electron chi connectivity index (χ1n) is 8.50. The van der Waals surface area contributed by atoms with Gasteiger partial charge in [-0.15, -0.1) is 0 Å². The average Bonchev–Trinajstić information content (AvgIpc) is 3.16. The third kappa shape index (κ3) is 3.72. The molecule has 0 aliphatic carbocycles. The fraction of sp³-hybridized carbons (Fsp3) is 0. The van der Waals surface area contributed by atoms with Crippen LogP contribution >= 0.6 is 11.6 Å². The number of hydrogen-bond donors (Lipinski definition) is 3. The molecule has 4 aromatic rings. The van der Waals surface area contributed by atoms with Crippen LogP contribution in [0.15, 0.2) is 72.9 Å². The van der Waals surface area contributed by atoms with Gasteiger partial charge in [-0.1, -0.05) is 29.8 Å². The number of rotatable bonds is 4. The number of halogens is 1. The molecule has 7 heteroatoms. The summed E-state index contributed by atoms with van der Waals surface area (Å²) in [5.74, 6) is -0.620. The van der Waals surface area contributed by atoms with Gasteiger partial charge in [0.2, 0.25) is 0 Å². The van der Waals surface area contributed by atoms with Gasteiger partial charge in [-0.25, -0.2) is 0 Å². The average molecular weight is 391 g/mol. The summed E-state index contributed by atoms with van der Waals surface area (Å²) in [6.45, 7) is 0. The quantitative estimate of drug-likeness (QED) is 0.471. The molecule has 0 radical (unpaired) electrons. The summed E-state index contributed by atoms with van der Waals surface area (Å²) >= 11 is 6.06. The Morgan fingerprint density at radius 2 is 1.64 bits per heavy atom. The minimum absolute atomic E-state index is 0.281. The number of hydrogen-bond acceptors (Lipinski definition) is 3. The first kappa shape index (κ1) is 17.8. The number of anilines is 2. The summed E-state index contributed by atoms with van der Waals surface area (Å²) in [5, 5.41) is 13.7. The predicted octanol–water partition coefficient (Wildman–Crippen LogP) is 4.72. The molecule has 138 valence electrons. The van der Waals surface area contributed by atoms with E-state index in [2.05, 4.69) is 20.8 Å². The van der Waals surface area contributed by atoms with Crippen molar-refractivity contribution in [2.75, 3.05) is 10.6 Å². The van der Waals surface area contributed by atoms with Crippen molar-refractivity contribution < 1.29 is 9.59 Å². The lowest BCUT2D eigenvalue weighted by atomic mass is 10.1. The van der Waals surface area contributed by atoms with Crippen LogP contribution in [-0.4, -0.2) is 22.0 Å². The highest BCUT2D eigenvalue weighted by Crippen LogP contribution is 2.20. The Balaban J connectivity index is 1.50. The van der Waals surface area contributed by atoms with Crippen molar-refractivity contribution in [2.24, 2.45) is 0 Å². The number of nitrogens with zero attached hydrogens (tertiary/aromatic N) is 1. The molecule has 28 heavy (non-hydrogen) atoms. The van der Waals surface area contributed by atoms with Crippen LogP contribution in [-0.2, 0) is 0 Å². The van der Waals surface area contributed by atoms with E-state index >= 15 is 0 Å². The molecule has 6 nitrogen and oxygen atoms in total. The van der Waals surface area contributed by atoms with Crippen molar-refractivity contribution in [1.29, 1.82) is 0 Å². The van der Waals surface area contributed by atoms with Crippen LogP contribution in [0.4, 0.5) is 11.4 Å². The largest absolute Gasteiger partial charge is 0.322 e. The summed E-state index contributed by atoms with van der Waals surface area (Å²) in [4.78, 5) is 25.0. The Hall–Kier alpha value is -3.64. The lowest BCUT2D eigenvalue weighted by molar-refractivity contribution is 0.101. The third-order valence-electron chi connectivity index (χ3n) is 4.20. The minimum atomic E-state index is -0.339. The molecule has 0 atom stereocenters. The van der Waals surface area contributed by atoms with E-state index in [-0.39, 0.29) is 11.8 Å². The van der Waals surface area contributed by atoms with Gasteiger partial charge < -0.3 is 10.6 Å². The molecule has 0 saturated heterocycles. The molecule has 0 fully saturated rings.